The first-order valence-corrected chi connectivity index (χ1v) is 12.4. The zero-order valence-electron chi connectivity index (χ0n) is 16.8. The highest BCUT2D eigenvalue weighted by molar-refractivity contribution is 7.91. The van der Waals surface area contributed by atoms with Crippen molar-refractivity contribution in [2.45, 2.75) is 49.7 Å². The largest absolute Gasteiger partial charge is 0.286 e. The number of carbonyl (C=O) groups excluding carboxylic acids is 1. The van der Waals surface area contributed by atoms with Crippen LogP contribution in [0.3, 0.4) is 0 Å². The van der Waals surface area contributed by atoms with E-state index in [0.29, 0.717) is 23.9 Å². The number of hydrogen-bond acceptors (Lipinski definition) is 4. The van der Waals surface area contributed by atoms with Gasteiger partial charge in [0.2, 0.25) is 0 Å². The maximum atomic E-state index is 12.9. The van der Waals surface area contributed by atoms with E-state index in [9.17, 15) is 13.2 Å². The van der Waals surface area contributed by atoms with Crippen LogP contribution in [0.1, 0.15) is 58.5 Å². The van der Waals surface area contributed by atoms with Crippen LogP contribution >= 0.6 is 11.3 Å². The minimum Gasteiger partial charge on any atom is -0.266 e. The fourth-order valence-corrected chi connectivity index (χ4v) is 7.09. The molecule has 1 aromatic heterocycles. The second kappa shape index (κ2) is 8.13. The first-order chi connectivity index (χ1) is 13.9. The number of aliphatic imine (C=N–C) groups is 1. The lowest BCUT2D eigenvalue weighted by Gasteiger charge is -2.14. The van der Waals surface area contributed by atoms with Crippen LogP contribution in [0.2, 0.25) is 0 Å². The predicted molar refractivity (Wildman–Crippen MR) is 117 cm³/mol. The van der Waals surface area contributed by atoms with E-state index in [1.165, 1.54) is 22.8 Å². The highest BCUT2D eigenvalue weighted by atomic mass is 32.2. The summed E-state index contributed by atoms with van der Waals surface area (Å²) >= 11 is 1.02. The van der Waals surface area contributed by atoms with E-state index in [0.717, 1.165) is 37.0 Å². The number of benzene rings is 1. The average Bonchev–Trinajstić information content (AvgIpc) is 3.44. The summed E-state index contributed by atoms with van der Waals surface area (Å²) < 4.78 is 27.5. The van der Waals surface area contributed by atoms with Gasteiger partial charge in [-0.1, -0.05) is 37.1 Å². The van der Waals surface area contributed by atoms with Crippen LogP contribution in [0.15, 0.2) is 39.5 Å². The summed E-state index contributed by atoms with van der Waals surface area (Å²) in [6.07, 6.45) is 5.56. The molecule has 2 atom stereocenters. The van der Waals surface area contributed by atoms with Crippen molar-refractivity contribution in [2.75, 3.05) is 13.1 Å². The smallest absolute Gasteiger partial charge is 0.266 e. The van der Waals surface area contributed by atoms with Crippen molar-refractivity contribution in [3.8, 4) is 0 Å². The molecule has 0 radical (unpaired) electrons. The first kappa shape index (κ1) is 20.4. The summed E-state index contributed by atoms with van der Waals surface area (Å²) in [6, 6.07) is 9.52. The molecule has 2 aliphatic rings. The summed E-state index contributed by atoms with van der Waals surface area (Å²) in [7, 11) is -3.52. The molecule has 7 heteroatoms. The van der Waals surface area contributed by atoms with E-state index < -0.39 is 10.0 Å². The Kier molecular flexibility index (Phi) is 5.73. The zero-order valence-corrected chi connectivity index (χ0v) is 18.4. The Hall–Kier alpha value is -1.83. The summed E-state index contributed by atoms with van der Waals surface area (Å²) in [4.78, 5) is 17.1. The first-order valence-electron chi connectivity index (χ1n) is 10.2. The maximum Gasteiger partial charge on any atom is 0.286 e. The Morgan fingerprint density at radius 2 is 2.10 bits per heavy atom. The van der Waals surface area contributed by atoms with Crippen LogP contribution in [0.5, 0.6) is 0 Å². The number of amides is 1. The highest BCUT2D eigenvalue weighted by Crippen LogP contribution is 2.33. The van der Waals surface area contributed by atoms with Crippen LogP contribution < -0.4 is 0 Å². The van der Waals surface area contributed by atoms with Gasteiger partial charge in [0.05, 0.1) is 4.88 Å². The van der Waals surface area contributed by atoms with Gasteiger partial charge in [-0.25, -0.2) is 13.4 Å². The molecule has 1 unspecified atom stereocenters. The molecule has 5 nitrogen and oxygen atoms in total. The maximum absolute atomic E-state index is 12.9. The van der Waals surface area contributed by atoms with Crippen LogP contribution in [0, 0.1) is 12.8 Å². The fourth-order valence-electron chi connectivity index (χ4n) is 4.21. The Morgan fingerprint density at radius 1 is 1.28 bits per heavy atom. The van der Waals surface area contributed by atoms with Crippen LogP contribution in [0.4, 0.5) is 0 Å². The summed E-state index contributed by atoms with van der Waals surface area (Å²) in [5.74, 6) is 0.201. The normalized spacial score (nSPS) is 22.4. The van der Waals surface area contributed by atoms with Gasteiger partial charge in [-0.2, -0.15) is 4.31 Å². The van der Waals surface area contributed by atoms with Crippen molar-refractivity contribution in [1.82, 2.24) is 4.31 Å². The van der Waals surface area contributed by atoms with E-state index in [1.54, 1.807) is 16.6 Å². The lowest BCUT2D eigenvalue weighted by molar-refractivity contribution is 0.101. The second-order valence-corrected chi connectivity index (χ2v) is 11.2. The molecule has 0 spiro atoms. The number of rotatable bonds is 5. The lowest BCUT2D eigenvalue weighted by Crippen LogP contribution is -2.28. The minimum absolute atomic E-state index is 0.147. The van der Waals surface area contributed by atoms with Crippen molar-refractivity contribution in [3.05, 3.63) is 51.9 Å². The number of carbonyl (C=O) groups is 1. The number of sulfonamides is 1. The molecular weight excluding hydrogens is 404 g/mol. The molecule has 0 N–H and O–H groups in total. The van der Waals surface area contributed by atoms with Gasteiger partial charge in [0.1, 0.15) is 4.21 Å². The van der Waals surface area contributed by atoms with Gasteiger partial charge in [0.25, 0.3) is 15.9 Å². The second-order valence-electron chi connectivity index (χ2n) is 7.98. The molecule has 1 saturated heterocycles. The third-order valence-corrected chi connectivity index (χ3v) is 9.41. The zero-order chi connectivity index (χ0) is 20.6. The molecule has 1 aliphatic carbocycles. The molecule has 1 amide bonds. The Labute approximate surface area is 176 Å². The summed E-state index contributed by atoms with van der Waals surface area (Å²) in [5, 5.41) is 0. The molecule has 1 fully saturated rings. The van der Waals surface area contributed by atoms with Crippen LogP contribution in [-0.2, 0) is 16.4 Å². The molecule has 4 rings (SSSR count). The van der Waals surface area contributed by atoms with Gasteiger partial charge < -0.3 is 0 Å². The molecule has 29 heavy (non-hydrogen) atoms. The third-order valence-electron chi connectivity index (χ3n) is 6.01. The topological polar surface area (TPSA) is 66.8 Å². The highest BCUT2D eigenvalue weighted by Gasteiger charge is 2.33. The van der Waals surface area contributed by atoms with Gasteiger partial charge in [-0.15, -0.1) is 11.3 Å². The molecule has 1 aliphatic heterocycles. The number of hydrogen-bond donors (Lipinski definition) is 0. The predicted octanol–water partition coefficient (Wildman–Crippen LogP) is 4.42. The SMILES string of the molecule is CC[C@H]1CCN(S(=O)(=O)c2ccc(C(=O)N=CC3CCc4cc(C)ccc43)s2)C1. The van der Waals surface area contributed by atoms with E-state index in [1.807, 2.05) is 0 Å². The van der Waals surface area contributed by atoms with E-state index in [4.69, 9.17) is 0 Å². The number of thiophene rings is 1. The van der Waals surface area contributed by atoms with Gasteiger partial charge in [0.15, 0.2) is 0 Å². The fraction of sp³-hybridized carbons (Fsp3) is 0.455. The Balaban J connectivity index is 1.46. The summed E-state index contributed by atoms with van der Waals surface area (Å²) in [5.41, 5.74) is 3.81. The lowest BCUT2D eigenvalue weighted by atomic mass is 10.0. The Bertz CT molecular complexity index is 1060. The van der Waals surface area contributed by atoms with E-state index in [-0.39, 0.29) is 16.0 Å². The van der Waals surface area contributed by atoms with Crippen molar-refractivity contribution in [1.29, 1.82) is 0 Å². The van der Waals surface area contributed by atoms with Crippen LogP contribution in [-0.4, -0.2) is 37.9 Å². The molecule has 2 heterocycles. The standard InChI is InChI=1S/C22H26N2O3S2/c1-3-16-10-11-24(14-16)29(26,27)21-9-8-20(28-21)22(25)23-13-18-6-5-17-12-15(2)4-7-19(17)18/h4,7-9,12-13,16,18H,3,5-6,10-11,14H2,1-2H3/t16-,18?/m0/s1. The van der Waals surface area contributed by atoms with Crippen molar-refractivity contribution < 1.29 is 13.2 Å². The number of fused-ring (bicyclic) bond motifs is 1. The van der Waals surface area contributed by atoms with Crippen LogP contribution in [0.25, 0.3) is 0 Å². The molecule has 0 saturated carbocycles. The quantitative estimate of drug-likeness (QED) is 0.660. The number of nitrogens with zero attached hydrogens (tertiary/aromatic N) is 2. The Morgan fingerprint density at radius 3 is 2.86 bits per heavy atom. The monoisotopic (exact) mass is 430 g/mol. The van der Waals surface area contributed by atoms with Gasteiger partial charge in [0, 0.05) is 25.2 Å². The molecule has 0 bridgehead atoms. The number of aryl methyl sites for hydroxylation is 2. The average molecular weight is 431 g/mol. The van der Waals surface area contributed by atoms with Gasteiger partial charge in [-0.05, 0) is 55.4 Å². The van der Waals surface area contributed by atoms with E-state index >= 15 is 0 Å². The summed E-state index contributed by atoms with van der Waals surface area (Å²) in [6.45, 7) is 5.29. The molecule has 154 valence electrons. The van der Waals surface area contributed by atoms with Gasteiger partial charge in [-0.3, -0.25) is 4.79 Å². The molecule has 2 aromatic rings. The van der Waals surface area contributed by atoms with E-state index in [2.05, 4.69) is 37.0 Å². The molecule has 1 aromatic carbocycles. The third kappa shape index (κ3) is 4.09. The molecular formula is C22H26N2O3S2. The van der Waals surface area contributed by atoms with Crippen molar-refractivity contribution in [2.24, 2.45) is 10.9 Å². The van der Waals surface area contributed by atoms with Crippen molar-refractivity contribution in [3.63, 3.8) is 0 Å². The minimum atomic E-state index is -3.52. The van der Waals surface area contributed by atoms with Crippen molar-refractivity contribution >= 4 is 33.5 Å². The van der Waals surface area contributed by atoms with Gasteiger partial charge >= 0.3 is 0 Å².